The molecule has 1 unspecified atom stereocenters. The van der Waals surface area contributed by atoms with Gasteiger partial charge in [-0.2, -0.15) is 0 Å². The number of hydrogen-bond donors (Lipinski definition) is 0. The SMILES string of the molecule is CC1CC=C(c2ccc(-c3ccc(F)cc3)cc2)CC1. The number of rotatable bonds is 2. The molecule has 0 amide bonds. The molecule has 0 radical (unpaired) electrons. The van der Waals surface area contributed by atoms with Gasteiger partial charge in [0.25, 0.3) is 0 Å². The van der Waals surface area contributed by atoms with E-state index in [-0.39, 0.29) is 5.82 Å². The first-order valence-electron chi connectivity index (χ1n) is 7.28. The van der Waals surface area contributed by atoms with Gasteiger partial charge in [0.05, 0.1) is 0 Å². The molecular weight excluding hydrogens is 247 g/mol. The summed E-state index contributed by atoms with van der Waals surface area (Å²) in [5.41, 5.74) is 4.99. The van der Waals surface area contributed by atoms with Gasteiger partial charge in [-0.05, 0) is 59.6 Å². The zero-order valence-electron chi connectivity index (χ0n) is 11.8. The number of halogens is 1. The molecule has 1 aliphatic rings. The van der Waals surface area contributed by atoms with E-state index in [0.29, 0.717) is 0 Å². The van der Waals surface area contributed by atoms with Crippen molar-refractivity contribution in [2.75, 3.05) is 0 Å². The van der Waals surface area contributed by atoms with Gasteiger partial charge < -0.3 is 0 Å². The van der Waals surface area contributed by atoms with E-state index in [1.807, 2.05) is 12.1 Å². The quantitative estimate of drug-likeness (QED) is 0.654. The van der Waals surface area contributed by atoms with Gasteiger partial charge in [-0.3, -0.25) is 0 Å². The van der Waals surface area contributed by atoms with Gasteiger partial charge in [-0.15, -0.1) is 0 Å². The van der Waals surface area contributed by atoms with Gasteiger partial charge in [0.1, 0.15) is 5.82 Å². The summed E-state index contributed by atoms with van der Waals surface area (Å²) < 4.78 is 12.9. The smallest absolute Gasteiger partial charge is 0.123 e. The fourth-order valence-corrected chi connectivity index (χ4v) is 2.75. The Bertz CT molecular complexity index is 605. The second-order valence-electron chi connectivity index (χ2n) is 5.69. The Hall–Kier alpha value is -1.89. The van der Waals surface area contributed by atoms with E-state index >= 15 is 0 Å². The maximum absolute atomic E-state index is 12.9. The van der Waals surface area contributed by atoms with Crippen molar-refractivity contribution in [2.45, 2.75) is 26.2 Å². The van der Waals surface area contributed by atoms with Crippen LogP contribution in [0.4, 0.5) is 4.39 Å². The van der Waals surface area contributed by atoms with Crippen molar-refractivity contribution in [1.29, 1.82) is 0 Å². The van der Waals surface area contributed by atoms with E-state index in [0.717, 1.165) is 17.0 Å². The molecule has 1 atom stereocenters. The van der Waals surface area contributed by atoms with Gasteiger partial charge in [-0.25, -0.2) is 4.39 Å². The fraction of sp³-hybridized carbons (Fsp3) is 0.263. The summed E-state index contributed by atoms with van der Waals surface area (Å²) in [5.74, 6) is 0.629. The van der Waals surface area contributed by atoms with Gasteiger partial charge in [0, 0.05) is 0 Å². The average molecular weight is 266 g/mol. The van der Waals surface area contributed by atoms with E-state index in [1.54, 1.807) is 0 Å². The lowest BCUT2D eigenvalue weighted by atomic mass is 9.87. The molecule has 0 nitrogen and oxygen atoms in total. The van der Waals surface area contributed by atoms with E-state index in [1.165, 1.54) is 42.5 Å². The molecule has 3 rings (SSSR count). The van der Waals surface area contributed by atoms with E-state index < -0.39 is 0 Å². The van der Waals surface area contributed by atoms with Crippen LogP contribution in [0.1, 0.15) is 31.7 Å². The molecule has 0 N–H and O–H groups in total. The van der Waals surface area contributed by atoms with Crippen LogP contribution in [-0.2, 0) is 0 Å². The third kappa shape index (κ3) is 2.82. The Morgan fingerprint density at radius 1 is 0.850 bits per heavy atom. The Labute approximate surface area is 120 Å². The Kier molecular flexibility index (Phi) is 3.68. The van der Waals surface area contributed by atoms with Crippen LogP contribution in [0, 0.1) is 11.7 Å². The van der Waals surface area contributed by atoms with E-state index in [4.69, 9.17) is 0 Å². The maximum Gasteiger partial charge on any atom is 0.123 e. The molecule has 0 saturated carbocycles. The maximum atomic E-state index is 12.9. The van der Waals surface area contributed by atoms with Crippen molar-refractivity contribution in [3.05, 3.63) is 66.0 Å². The van der Waals surface area contributed by atoms with Crippen molar-refractivity contribution in [3.63, 3.8) is 0 Å². The lowest BCUT2D eigenvalue weighted by Gasteiger charge is -2.18. The predicted molar refractivity (Wildman–Crippen MR) is 82.8 cm³/mol. The Morgan fingerprint density at radius 3 is 1.95 bits per heavy atom. The summed E-state index contributed by atoms with van der Waals surface area (Å²) in [4.78, 5) is 0. The third-order valence-electron chi connectivity index (χ3n) is 4.11. The molecule has 2 aromatic rings. The number of hydrogen-bond acceptors (Lipinski definition) is 0. The van der Waals surface area contributed by atoms with Crippen LogP contribution < -0.4 is 0 Å². The van der Waals surface area contributed by atoms with Crippen molar-refractivity contribution < 1.29 is 4.39 Å². The van der Waals surface area contributed by atoms with Crippen molar-refractivity contribution in [2.24, 2.45) is 5.92 Å². The van der Waals surface area contributed by atoms with Crippen LogP contribution in [0.25, 0.3) is 16.7 Å². The second-order valence-corrected chi connectivity index (χ2v) is 5.69. The normalized spacial score (nSPS) is 18.7. The monoisotopic (exact) mass is 266 g/mol. The van der Waals surface area contributed by atoms with E-state index in [2.05, 4.69) is 37.3 Å². The largest absolute Gasteiger partial charge is 0.207 e. The van der Waals surface area contributed by atoms with Crippen LogP contribution in [0.3, 0.4) is 0 Å². The highest BCUT2D eigenvalue weighted by Crippen LogP contribution is 2.31. The molecule has 0 bridgehead atoms. The molecule has 102 valence electrons. The lowest BCUT2D eigenvalue weighted by Crippen LogP contribution is -2.00. The zero-order chi connectivity index (χ0) is 13.9. The first-order chi connectivity index (χ1) is 9.72. The molecule has 0 aromatic heterocycles. The summed E-state index contributed by atoms with van der Waals surface area (Å²) >= 11 is 0. The van der Waals surface area contributed by atoms with Gasteiger partial charge in [0.15, 0.2) is 0 Å². The highest BCUT2D eigenvalue weighted by molar-refractivity contribution is 5.70. The first kappa shape index (κ1) is 13.1. The van der Waals surface area contributed by atoms with Crippen LogP contribution >= 0.6 is 0 Å². The number of benzene rings is 2. The average Bonchev–Trinajstić information content (AvgIpc) is 2.49. The van der Waals surface area contributed by atoms with Crippen molar-refractivity contribution >= 4 is 5.57 Å². The fourth-order valence-electron chi connectivity index (χ4n) is 2.75. The molecule has 0 fully saturated rings. The molecule has 1 aliphatic carbocycles. The molecule has 2 aromatic carbocycles. The summed E-state index contributed by atoms with van der Waals surface area (Å²) in [5, 5.41) is 0. The van der Waals surface area contributed by atoms with Crippen LogP contribution in [-0.4, -0.2) is 0 Å². The predicted octanol–water partition coefficient (Wildman–Crippen LogP) is 5.70. The molecule has 0 aliphatic heterocycles. The molecule has 0 heterocycles. The molecule has 0 spiro atoms. The summed E-state index contributed by atoms with van der Waals surface area (Å²) in [6.07, 6.45) is 6.03. The minimum absolute atomic E-state index is 0.188. The zero-order valence-corrected chi connectivity index (χ0v) is 11.8. The van der Waals surface area contributed by atoms with Gasteiger partial charge in [-0.1, -0.05) is 49.4 Å². The summed E-state index contributed by atoms with van der Waals surface area (Å²) in [6.45, 7) is 2.31. The van der Waals surface area contributed by atoms with Gasteiger partial charge >= 0.3 is 0 Å². The summed E-state index contributed by atoms with van der Waals surface area (Å²) in [6, 6.07) is 15.3. The highest BCUT2D eigenvalue weighted by atomic mass is 19.1. The van der Waals surface area contributed by atoms with Gasteiger partial charge in [0.2, 0.25) is 0 Å². The topological polar surface area (TPSA) is 0 Å². The standard InChI is InChI=1S/C19H19F/c1-14-2-4-15(5-3-14)16-6-8-17(9-7-16)18-10-12-19(20)13-11-18/h4,6-14H,2-3,5H2,1H3. The van der Waals surface area contributed by atoms with Crippen LogP contribution in [0.15, 0.2) is 54.6 Å². The minimum Gasteiger partial charge on any atom is -0.207 e. The molecule has 1 heteroatoms. The van der Waals surface area contributed by atoms with Crippen molar-refractivity contribution in [1.82, 2.24) is 0 Å². The Morgan fingerprint density at radius 2 is 1.40 bits per heavy atom. The molecule has 20 heavy (non-hydrogen) atoms. The molecular formula is C19H19F. The first-order valence-corrected chi connectivity index (χ1v) is 7.28. The van der Waals surface area contributed by atoms with E-state index in [9.17, 15) is 4.39 Å². The van der Waals surface area contributed by atoms with Crippen molar-refractivity contribution in [3.8, 4) is 11.1 Å². The minimum atomic E-state index is -0.188. The third-order valence-corrected chi connectivity index (χ3v) is 4.11. The molecule has 0 saturated heterocycles. The number of allylic oxidation sites excluding steroid dienone is 2. The summed E-state index contributed by atoms with van der Waals surface area (Å²) in [7, 11) is 0. The van der Waals surface area contributed by atoms with Crippen LogP contribution in [0.5, 0.6) is 0 Å². The van der Waals surface area contributed by atoms with Crippen LogP contribution in [0.2, 0.25) is 0 Å². The Balaban J connectivity index is 1.83. The second kappa shape index (κ2) is 5.62. The highest BCUT2D eigenvalue weighted by Gasteiger charge is 2.11. The lowest BCUT2D eigenvalue weighted by molar-refractivity contribution is 0.534.